The fraction of sp³-hybridized carbons (Fsp3) is 0.600. The summed E-state index contributed by atoms with van der Waals surface area (Å²) in [5, 5.41) is 3.81. The van der Waals surface area contributed by atoms with Crippen LogP contribution in [0.5, 0.6) is 0 Å². The Kier molecular flexibility index (Phi) is 4.95. The molecule has 0 aliphatic heterocycles. The van der Waals surface area contributed by atoms with E-state index in [1.54, 1.807) is 0 Å². The normalized spacial score (nSPS) is 24.6. The summed E-state index contributed by atoms with van der Waals surface area (Å²) in [5.74, 6) is 0.828. The summed E-state index contributed by atoms with van der Waals surface area (Å²) >= 11 is 0. The molecule has 100 valence electrons. The van der Waals surface area contributed by atoms with Crippen molar-refractivity contribution in [3.05, 3.63) is 35.4 Å². The lowest BCUT2D eigenvalue weighted by molar-refractivity contribution is 0.474. The van der Waals surface area contributed by atoms with Gasteiger partial charge in [0.2, 0.25) is 0 Å². The van der Waals surface area contributed by atoms with E-state index in [1.165, 1.54) is 11.1 Å². The van der Waals surface area contributed by atoms with Gasteiger partial charge >= 0.3 is 0 Å². The predicted octanol–water partition coefficient (Wildman–Crippen LogP) is 2.81. The van der Waals surface area contributed by atoms with E-state index in [1.807, 2.05) is 0 Å². The predicted molar refractivity (Wildman–Crippen MR) is 78.3 cm³/mol. The fourth-order valence-corrected chi connectivity index (χ4v) is 4.46. The van der Waals surface area contributed by atoms with Crippen molar-refractivity contribution < 1.29 is 4.21 Å². The third-order valence-electron chi connectivity index (χ3n) is 3.63. The van der Waals surface area contributed by atoms with Crippen molar-refractivity contribution >= 4 is 10.8 Å². The van der Waals surface area contributed by atoms with Gasteiger partial charge in [0.05, 0.1) is 5.25 Å². The van der Waals surface area contributed by atoms with Crippen molar-refractivity contribution in [2.24, 2.45) is 0 Å². The van der Waals surface area contributed by atoms with Crippen LogP contribution < -0.4 is 5.32 Å². The monoisotopic (exact) mass is 265 g/mol. The van der Waals surface area contributed by atoms with Crippen molar-refractivity contribution in [1.82, 2.24) is 5.32 Å². The van der Waals surface area contributed by atoms with Crippen molar-refractivity contribution in [3.8, 4) is 0 Å². The molecule has 2 nitrogen and oxygen atoms in total. The van der Waals surface area contributed by atoms with Gasteiger partial charge in [-0.3, -0.25) is 4.21 Å². The summed E-state index contributed by atoms with van der Waals surface area (Å²) in [6, 6.07) is 8.86. The molecule has 1 aliphatic rings. The molecule has 0 saturated carbocycles. The van der Waals surface area contributed by atoms with Gasteiger partial charge in [0, 0.05) is 22.6 Å². The maximum atomic E-state index is 12.4. The van der Waals surface area contributed by atoms with Crippen LogP contribution in [-0.4, -0.2) is 21.8 Å². The second kappa shape index (κ2) is 6.48. The van der Waals surface area contributed by atoms with Gasteiger partial charge in [-0.15, -0.1) is 0 Å². The van der Waals surface area contributed by atoms with Crippen LogP contribution in [0.25, 0.3) is 0 Å². The molecule has 18 heavy (non-hydrogen) atoms. The van der Waals surface area contributed by atoms with Crippen molar-refractivity contribution in [3.63, 3.8) is 0 Å². The van der Waals surface area contributed by atoms with E-state index in [0.717, 1.165) is 31.6 Å². The molecule has 3 unspecified atom stereocenters. The van der Waals surface area contributed by atoms with Crippen molar-refractivity contribution in [2.75, 3.05) is 12.3 Å². The second-order valence-corrected chi connectivity index (χ2v) is 6.67. The molecule has 1 aliphatic carbocycles. The minimum Gasteiger partial charge on any atom is -0.309 e. The maximum Gasteiger partial charge on any atom is 0.0546 e. The Morgan fingerprint density at radius 3 is 2.83 bits per heavy atom. The quantitative estimate of drug-likeness (QED) is 0.887. The summed E-state index contributed by atoms with van der Waals surface area (Å²) < 4.78 is 12.4. The van der Waals surface area contributed by atoms with E-state index >= 15 is 0 Å². The van der Waals surface area contributed by atoms with E-state index in [-0.39, 0.29) is 11.3 Å². The van der Waals surface area contributed by atoms with E-state index in [0.29, 0.717) is 0 Å². The molecule has 3 atom stereocenters. The van der Waals surface area contributed by atoms with Crippen LogP contribution in [0.3, 0.4) is 0 Å². The Morgan fingerprint density at radius 1 is 1.33 bits per heavy atom. The Morgan fingerprint density at radius 2 is 2.11 bits per heavy atom. The molecule has 1 aromatic rings. The van der Waals surface area contributed by atoms with E-state index in [2.05, 4.69) is 43.4 Å². The first-order valence-corrected chi connectivity index (χ1v) is 8.34. The number of fused-ring (bicyclic) bond motifs is 1. The minimum absolute atomic E-state index is 0.271. The lowest BCUT2D eigenvalue weighted by Crippen LogP contribution is -2.39. The van der Waals surface area contributed by atoms with Crippen LogP contribution in [0.2, 0.25) is 0 Å². The molecule has 0 bridgehead atoms. The lowest BCUT2D eigenvalue weighted by atomic mass is 9.87. The summed E-state index contributed by atoms with van der Waals surface area (Å²) in [6.45, 7) is 5.16. The van der Waals surface area contributed by atoms with Crippen LogP contribution in [-0.2, 0) is 17.2 Å². The Hall–Kier alpha value is -0.670. The van der Waals surface area contributed by atoms with Crippen LogP contribution in [0.15, 0.2) is 24.3 Å². The summed E-state index contributed by atoms with van der Waals surface area (Å²) in [5.41, 5.74) is 2.79. The van der Waals surface area contributed by atoms with Gasteiger partial charge in [-0.05, 0) is 36.9 Å². The SMILES string of the molecule is CCCS(=O)C1CCc2ccccc2C1NCC. The number of aryl methyl sites for hydroxylation is 1. The van der Waals surface area contributed by atoms with Crippen molar-refractivity contribution in [1.29, 1.82) is 0 Å². The molecule has 0 radical (unpaired) electrons. The molecule has 1 N–H and O–H groups in total. The third-order valence-corrected chi connectivity index (χ3v) is 5.62. The molecule has 1 aromatic carbocycles. The van der Waals surface area contributed by atoms with Crippen LogP contribution in [0.4, 0.5) is 0 Å². The number of rotatable bonds is 5. The van der Waals surface area contributed by atoms with Crippen LogP contribution in [0.1, 0.15) is 43.9 Å². The molecular formula is C15H23NOS. The first kappa shape index (κ1) is 13.8. The van der Waals surface area contributed by atoms with Gasteiger partial charge in [0.15, 0.2) is 0 Å². The van der Waals surface area contributed by atoms with Gasteiger partial charge in [-0.2, -0.15) is 0 Å². The van der Waals surface area contributed by atoms with E-state index < -0.39 is 10.8 Å². The smallest absolute Gasteiger partial charge is 0.0546 e. The standard InChI is InChI=1S/C15H23NOS/c1-3-11-18(17)14-10-9-12-7-5-6-8-13(12)15(14)16-4-2/h5-8,14-16H,3-4,9-11H2,1-2H3. The topological polar surface area (TPSA) is 29.1 Å². The zero-order valence-electron chi connectivity index (χ0n) is 11.3. The minimum atomic E-state index is -0.708. The first-order valence-electron chi connectivity index (χ1n) is 6.96. The molecule has 0 fully saturated rings. The Bertz CT molecular complexity index is 419. The Balaban J connectivity index is 2.26. The van der Waals surface area contributed by atoms with Gasteiger partial charge in [-0.1, -0.05) is 38.1 Å². The molecular weight excluding hydrogens is 242 g/mol. The third kappa shape index (κ3) is 2.83. The first-order chi connectivity index (χ1) is 8.77. The average molecular weight is 265 g/mol. The fourth-order valence-electron chi connectivity index (χ4n) is 2.83. The van der Waals surface area contributed by atoms with Gasteiger partial charge in [0.25, 0.3) is 0 Å². The number of hydrogen-bond acceptors (Lipinski definition) is 2. The zero-order chi connectivity index (χ0) is 13.0. The number of benzene rings is 1. The van der Waals surface area contributed by atoms with Gasteiger partial charge in [0.1, 0.15) is 0 Å². The van der Waals surface area contributed by atoms with Crippen molar-refractivity contribution in [2.45, 2.75) is 44.4 Å². The summed E-state index contributed by atoms with van der Waals surface area (Å²) in [7, 11) is -0.708. The highest BCUT2D eigenvalue weighted by Gasteiger charge is 2.32. The van der Waals surface area contributed by atoms with Gasteiger partial charge < -0.3 is 5.32 Å². The highest BCUT2D eigenvalue weighted by Crippen LogP contribution is 2.33. The number of hydrogen-bond donors (Lipinski definition) is 1. The second-order valence-electron chi connectivity index (χ2n) is 4.90. The molecule has 0 saturated heterocycles. The average Bonchev–Trinajstić information content (AvgIpc) is 2.39. The number of nitrogens with one attached hydrogen (secondary N) is 1. The summed E-state index contributed by atoms with van der Waals surface area (Å²) in [4.78, 5) is 0. The molecule has 0 spiro atoms. The van der Waals surface area contributed by atoms with Gasteiger partial charge in [-0.25, -0.2) is 0 Å². The largest absolute Gasteiger partial charge is 0.309 e. The van der Waals surface area contributed by atoms with Crippen LogP contribution in [0, 0.1) is 0 Å². The van der Waals surface area contributed by atoms with E-state index in [4.69, 9.17) is 0 Å². The molecule has 3 heteroatoms. The zero-order valence-corrected chi connectivity index (χ0v) is 12.1. The highest BCUT2D eigenvalue weighted by atomic mass is 32.2. The molecule has 0 aromatic heterocycles. The Labute approximate surface area is 113 Å². The van der Waals surface area contributed by atoms with Crippen LogP contribution >= 0.6 is 0 Å². The highest BCUT2D eigenvalue weighted by molar-refractivity contribution is 7.85. The van der Waals surface area contributed by atoms with E-state index in [9.17, 15) is 4.21 Å². The summed E-state index contributed by atoms with van der Waals surface area (Å²) in [6.07, 6.45) is 3.11. The molecule has 2 rings (SSSR count). The molecule has 0 amide bonds. The lowest BCUT2D eigenvalue weighted by Gasteiger charge is -2.33. The molecule has 0 heterocycles. The maximum absolute atomic E-state index is 12.4.